The largest absolute Gasteiger partial charge is 0.483 e. The molecule has 0 bridgehead atoms. The monoisotopic (exact) mass is 343 g/mol. The number of hydrogen-bond acceptors (Lipinski definition) is 6. The van der Waals surface area contributed by atoms with E-state index in [0.29, 0.717) is 19.3 Å². The first-order valence-electron chi connectivity index (χ1n) is 8.93. The summed E-state index contributed by atoms with van der Waals surface area (Å²) in [5, 5.41) is 7.90. The fourth-order valence-electron chi connectivity index (χ4n) is 3.56. The van der Waals surface area contributed by atoms with Crippen LogP contribution < -0.4 is 15.0 Å². The van der Waals surface area contributed by atoms with Gasteiger partial charge in [-0.1, -0.05) is 6.07 Å². The molecule has 134 valence electrons. The highest BCUT2D eigenvalue weighted by molar-refractivity contribution is 5.38. The number of nitrogens with zero attached hydrogens (tertiary/aromatic N) is 4. The van der Waals surface area contributed by atoms with E-state index in [1.165, 1.54) is 0 Å². The molecule has 2 aliphatic heterocycles. The molecule has 2 aromatic rings. The first kappa shape index (κ1) is 16.4. The molecule has 25 heavy (non-hydrogen) atoms. The van der Waals surface area contributed by atoms with Gasteiger partial charge < -0.3 is 19.7 Å². The maximum absolute atomic E-state index is 6.05. The van der Waals surface area contributed by atoms with Crippen molar-refractivity contribution < 1.29 is 9.47 Å². The molecular formula is C18H25N5O2. The molecule has 1 N–H and O–H groups in total. The standard InChI is InChI=1S/C18H25N5O2/c1-22-11-15(10-20-22)25-17-13-24-12-16(17)21-14-5-8-23(9-6-14)18-4-2-3-7-19-18/h2-4,7,10-11,14,16-17,21H,5-6,8-9,12-13H2,1H3/t16-,17+/m0/s1. The minimum absolute atomic E-state index is 0.0398. The van der Waals surface area contributed by atoms with Crippen LogP contribution in [0.4, 0.5) is 5.82 Å². The first-order chi connectivity index (χ1) is 12.3. The molecule has 0 radical (unpaired) electrons. The van der Waals surface area contributed by atoms with Gasteiger partial charge in [0.2, 0.25) is 0 Å². The predicted octanol–water partition coefficient (Wildman–Crippen LogP) is 1.22. The van der Waals surface area contributed by atoms with Crippen molar-refractivity contribution in [3.05, 3.63) is 36.8 Å². The van der Waals surface area contributed by atoms with E-state index in [-0.39, 0.29) is 12.1 Å². The molecule has 0 unspecified atom stereocenters. The molecule has 2 aliphatic rings. The van der Waals surface area contributed by atoms with Gasteiger partial charge in [-0.3, -0.25) is 4.68 Å². The lowest BCUT2D eigenvalue weighted by atomic mass is 10.0. The number of anilines is 1. The van der Waals surface area contributed by atoms with E-state index in [9.17, 15) is 0 Å². The molecule has 0 saturated carbocycles. The number of hydrogen-bond donors (Lipinski definition) is 1. The molecule has 2 fully saturated rings. The summed E-state index contributed by atoms with van der Waals surface area (Å²) in [6.07, 6.45) is 7.74. The second-order valence-corrected chi connectivity index (χ2v) is 6.77. The van der Waals surface area contributed by atoms with Crippen molar-refractivity contribution in [3.8, 4) is 5.75 Å². The fourth-order valence-corrected chi connectivity index (χ4v) is 3.56. The van der Waals surface area contributed by atoms with E-state index in [0.717, 1.165) is 37.5 Å². The highest BCUT2D eigenvalue weighted by Gasteiger charge is 2.33. The second-order valence-electron chi connectivity index (χ2n) is 6.77. The normalized spacial score (nSPS) is 24.6. The van der Waals surface area contributed by atoms with Crippen molar-refractivity contribution in [2.75, 3.05) is 31.2 Å². The van der Waals surface area contributed by atoms with Gasteiger partial charge in [0.25, 0.3) is 0 Å². The SMILES string of the molecule is Cn1cc(O[C@@H]2COC[C@@H]2NC2CCN(c3ccccn3)CC2)cn1. The molecule has 4 heterocycles. The summed E-state index contributed by atoms with van der Waals surface area (Å²) >= 11 is 0. The van der Waals surface area contributed by atoms with Gasteiger partial charge in [0, 0.05) is 32.4 Å². The Kier molecular flexibility index (Phi) is 4.85. The minimum atomic E-state index is 0.0398. The van der Waals surface area contributed by atoms with Crippen LogP contribution in [0.3, 0.4) is 0 Å². The third kappa shape index (κ3) is 3.93. The zero-order valence-corrected chi connectivity index (χ0v) is 14.5. The zero-order valence-electron chi connectivity index (χ0n) is 14.5. The van der Waals surface area contributed by atoms with Crippen LogP contribution in [0.2, 0.25) is 0 Å². The van der Waals surface area contributed by atoms with Crippen LogP contribution in [0.5, 0.6) is 5.75 Å². The Morgan fingerprint density at radius 1 is 1.24 bits per heavy atom. The zero-order chi connectivity index (χ0) is 17.1. The average molecular weight is 343 g/mol. The van der Waals surface area contributed by atoms with Gasteiger partial charge in [-0.05, 0) is 25.0 Å². The molecule has 0 amide bonds. The van der Waals surface area contributed by atoms with Crippen molar-refractivity contribution in [1.82, 2.24) is 20.1 Å². The van der Waals surface area contributed by atoms with Crippen molar-refractivity contribution in [3.63, 3.8) is 0 Å². The number of aromatic nitrogens is 3. The number of piperidine rings is 1. The molecular weight excluding hydrogens is 318 g/mol. The summed E-state index contributed by atoms with van der Waals surface area (Å²) < 4.78 is 13.4. The maximum Gasteiger partial charge on any atom is 0.157 e. The molecule has 7 heteroatoms. The number of aryl methyl sites for hydroxylation is 1. The van der Waals surface area contributed by atoms with E-state index in [1.807, 2.05) is 31.6 Å². The third-order valence-corrected chi connectivity index (χ3v) is 4.91. The molecule has 0 spiro atoms. The fraction of sp³-hybridized carbons (Fsp3) is 0.556. The van der Waals surface area contributed by atoms with Crippen LogP contribution in [0.1, 0.15) is 12.8 Å². The number of pyridine rings is 1. The summed E-state index contributed by atoms with van der Waals surface area (Å²) in [5.41, 5.74) is 0. The minimum Gasteiger partial charge on any atom is -0.483 e. The smallest absolute Gasteiger partial charge is 0.157 e. The van der Waals surface area contributed by atoms with Crippen LogP contribution in [0, 0.1) is 0 Å². The van der Waals surface area contributed by atoms with Crippen LogP contribution in [-0.2, 0) is 11.8 Å². The third-order valence-electron chi connectivity index (χ3n) is 4.91. The van der Waals surface area contributed by atoms with Crippen LogP contribution in [0.15, 0.2) is 36.8 Å². The van der Waals surface area contributed by atoms with E-state index in [1.54, 1.807) is 10.9 Å². The van der Waals surface area contributed by atoms with Crippen molar-refractivity contribution >= 4 is 5.82 Å². The molecule has 0 aromatic carbocycles. The lowest BCUT2D eigenvalue weighted by molar-refractivity contribution is 0.138. The number of rotatable bonds is 5. The lowest BCUT2D eigenvalue weighted by Gasteiger charge is -2.35. The summed E-state index contributed by atoms with van der Waals surface area (Å²) in [5.74, 6) is 1.87. The Morgan fingerprint density at radius 3 is 2.84 bits per heavy atom. The maximum atomic E-state index is 6.05. The van der Waals surface area contributed by atoms with Crippen molar-refractivity contribution in [1.29, 1.82) is 0 Å². The molecule has 2 aromatic heterocycles. The Bertz CT molecular complexity index is 669. The van der Waals surface area contributed by atoms with Crippen LogP contribution in [-0.4, -0.2) is 59.3 Å². The molecule has 2 atom stereocenters. The average Bonchev–Trinajstić information content (AvgIpc) is 3.26. The first-order valence-corrected chi connectivity index (χ1v) is 8.93. The summed E-state index contributed by atoms with van der Waals surface area (Å²) in [6.45, 7) is 3.37. The van der Waals surface area contributed by atoms with Crippen molar-refractivity contribution in [2.24, 2.45) is 7.05 Å². The lowest BCUT2D eigenvalue weighted by Crippen LogP contribution is -2.51. The number of ether oxygens (including phenoxy) is 2. The molecule has 0 aliphatic carbocycles. The number of nitrogens with one attached hydrogen (secondary N) is 1. The Hall–Kier alpha value is -2.12. The van der Waals surface area contributed by atoms with Gasteiger partial charge in [-0.25, -0.2) is 4.98 Å². The predicted molar refractivity (Wildman–Crippen MR) is 94.8 cm³/mol. The van der Waals surface area contributed by atoms with Crippen LogP contribution in [0.25, 0.3) is 0 Å². The molecule has 7 nitrogen and oxygen atoms in total. The summed E-state index contributed by atoms with van der Waals surface area (Å²) in [7, 11) is 1.89. The van der Waals surface area contributed by atoms with Gasteiger partial charge in [0.05, 0.1) is 31.6 Å². The van der Waals surface area contributed by atoms with Gasteiger partial charge in [-0.15, -0.1) is 0 Å². The van der Waals surface area contributed by atoms with Crippen LogP contribution >= 0.6 is 0 Å². The van der Waals surface area contributed by atoms with E-state index in [2.05, 4.69) is 26.4 Å². The van der Waals surface area contributed by atoms with E-state index in [4.69, 9.17) is 9.47 Å². The highest BCUT2D eigenvalue weighted by Crippen LogP contribution is 2.20. The van der Waals surface area contributed by atoms with E-state index >= 15 is 0 Å². The molecule has 4 rings (SSSR count). The Balaban J connectivity index is 1.29. The summed E-state index contributed by atoms with van der Waals surface area (Å²) in [4.78, 5) is 6.80. The van der Waals surface area contributed by atoms with Gasteiger partial charge in [0.15, 0.2) is 5.75 Å². The summed E-state index contributed by atoms with van der Waals surface area (Å²) in [6, 6.07) is 6.80. The van der Waals surface area contributed by atoms with E-state index < -0.39 is 0 Å². The van der Waals surface area contributed by atoms with Gasteiger partial charge in [0.1, 0.15) is 11.9 Å². The Morgan fingerprint density at radius 2 is 2.12 bits per heavy atom. The molecule has 2 saturated heterocycles. The second kappa shape index (κ2) is 7.41. The highest BCUT2D eigenvalue weighted by atomic mass is 16.5. The van der Waals surface area contributed by atoms with Gasteiger partial charge >= 0.3 is 0 Å². The van der Waals surface area contributed by atoms with Crippen molar-refractivity contribution in [2.45, 2.75) is 31.0 Å². The van der Waals surface area contributed by atoms with Gasteiger partial charge in [-0.2, -0.15) is 5.10 Å². The topological polar surface area (TPSA) is 64.4 Å². The Labute approximate surface area is 147 Å². The quantitative estimate of drug-likeness (QED) is 0.881.